The minimum Gasteiger partial charge on any atom is -0.351 e. The zero-order valence-corrected chi connectivity index (χ0v) is 19.8. The van der Waals surface area contributed by atoms with Crippen molar-refractivity contribution < 1.29 is 4.79 Å². The topological polar surface area (TPSA) is 48.5 Å². The number of rotatable bonds is 6. The lowest BCUT2D eigenvalue weighted by Gasteiger charge is -2.34. The second-order valence-corrected chi connectivity index (χ2v) is 9.53. The molecule has 1 N–H and O–H groups in total. The molecule has 0 spiro atoms. The first kappa shape index (κ1) is 21.9. The van der Waals surface area contributed by atoms with Crippen molar-refractivity contribution in [3.63, 3.8) is 0 Å². The van der Waals surface area contributed by atoms with E-state index in [1.165, 1.54) is 0 Å². The number of anilines is 1. The fourth-order valence-corrected chi connectivity index (χ4v) is 5.39. The normalized spacial score (nSPS) is 14.5. The average Bonchev–Trinajstić information content (AvgIpc) is 3.31. The molecule has 0 bridgehead atoms. The third-order valence-corrected chi connectivity index (χ3v) is 7.36. The molecule has 1 aromatic heterocycles. The number of aromatic nitrogens is 1. The maximum absolute atomic E-state index is 12.5. The first-order valence-electron chi connectivity index (χ1n) is 11.1. The number of benzene rings is 3. The Hall–Kier alpha value is -2.93. The van der Waals surface area contributed by atoms with Crippen LogP contribution in [0.15, 0.2) is 72.8 Å². The van der Waals surface area contributed by atoms with Gasteiger partial charge in [0.05, 0.1) is 9.72 Å². The van der Waals surface area contributed by atoms with Crippen molar-refractivity contribution in [3.8, 4) is 11.1 Å². The van der Waals surface area contributed by atoms with Gasteiger partial charge in [-0.15, -0.1) is 0 Å². The van der Waals surface area contributed by atoms with Gasteiger partial charge in [0.25, 0.3) is 5.91 Å². The number of fused-ring (bicyclic) bond motifs is 1. The van der Waals surface area contributed by atoms with E-state index >= 15 is 0 Å². The molecule has 1 aliphatic heterocycles. The third-order valence-electron chi connectivity index (χ3n) is 5.97. The van der Waals surface area contributed by atoms with Crippen LogP contribution in [0.25, 0.3) is 21.3 Å². The number of carbonyl (C=O) groups excluding carboxylic acids is 1. The molecule has 1 fully saturated rings. The van der Waals surface area contributed by atoms with E-state index in [0.29, 0.717) is 17.1 Å². The smallest absolute Gasteiger partial charge is 0.251 e. The maximum atomic E-state index is 12.5. The van der Waals surface area contributed by atoms with Crippen LogP contribution in [0.5, 0.6) is 0 Å². The van der Waals surface area contributed by atoms with Crippen LogP contribution in [-0.4, -0.2) is 55.1 Å². The van der Waals surface area contributed by atoms with Gasteiger partial charge in [0.1, 0.15) is 5.52 Å². The SMILES string of the molecule is O=C(NCCN1CCN(c2nc3c(Cl)cccc3s2)CC1)c1ccc(-c2ccccc2)cc1. The Balaban J connectivity index is 1.09. The monoisotopic (exact) mass is 476 g/mol. The highest BCUT2D eigenvalue weighted by Crippen LogP contribution is 2.33. The average molecular weight is 477 g/mol. The van der Waals surface area contributed by atoms with Crippen molar-refractivity contribution in [3.05, 3.63) is 83.4 Å². The number of para-hydroxylation sites is 1. The fraction of sp³-hybridized carbons (Fsp3) is 0.231. The Morgan fingerprint density at radius 1 is 0.909 bits per heavy atom. The summed E-state index contributed by atoms with van der Waals surface area (Å²) in [5, 5.41) is 4.79. The molecular weight excluding hydrogens is 452 g/mol. The van der Waals surface area contributed by atoms with Gasteiger partial charge in [-0.05, 0) is 35.4 Å². The van der Waals surface area contributed by atoms with Gasteiger partial charge in [-0.2, -0.15) is 0 Å². The van der Waals surface area contributed by atoms with Gasteiger partial charge in [0.2, 0.25) is 0 Å². The van der Waals surface area contributed by atoms with Crippen molar-refractivity contribution in [1.82, 2.24) is 15.2 Å². The van der Waals surface area contributed by atoms with E-state index in [9.17, 15) is 4.79 Å². The molecule has 7 heteroatoms. The van der Waals surface area contributed by atoms with Gasteiger partial charge in [-0.25, -0.2) is 4.98 Å². The Kier molecular flexibility index (Phi) is 6.58. The minimum absolute atomic E-state index is 0.0281. The first-order chi connectivity index (χ1) is 16.2. The predicted molar refractivity (Wildman–Crippen MR) is 137 cm³/mol. The highest BCUT2D eigenvalue weighted by molar-refractivity contribution is 7.22. The summed E-state index contributed by atoms with van der Waals surface area (Å²) >= 11 is 7.97. The molecule has 0 saturated carbocycles. The zero-order valence-electron chi connectivity index (χ0n) is 18.2. The summed E-state index contributed by atoms with van der Waals surface area (Å²) in [6, 6.07) is 23.9. The third kappa shape index (κ3) is 5.03. The molecule has 168 valence electrons. The number of hydrogen-bond donors (Lipinski definition) is 1. The van der Waals surface area contributed by atoms with Gasteiger partial charge >= 0.3 is 0 Å². The lowest BCUT2D eigenvalue weighted by atomic mass is 10.0. The maximum Gasteiger partial charge on any atom is 0.251 e. The van der Waals surface area contributed by atoms with E-state index in [4.69, 9.17) is 16.6 Å². The van der Waals surface area contributed by atoms with Crippen LogP contribution < -0.4 is 10.2 Å². The summed E-state index contributed by atoms with van der Waals surface area (Å²) in [6.07, 6.45) is 0. The van der Waals surface area contributed by atoms with Crippen molar-refractivity contribution in [2.45, 2.75) is 0 Å². The summed E-state index contributed by atoms with van der Waals surface area (Å²) in [6.45, 7) is 5.22. The number of carbonyl (C=O) groups is 1. The van der Waals surface area contributed by atoms with Crippen molar-refractivity contribution in [1.29, 1.82) is 0 Å². The van der Waals surface area contributed by atoms with E-state index < -0.39 is 0 Å². The predicted octanol–water partition coefficient (Wildman–Crippen LogP) is 5.17. The van der Waals surface area contributed by atoms with E-state index in [0.717, 1.165) is 59.2 Å². The van der Waals surface area contributed by atoms with Crippen LogP contribution in [0, 0.1) is 0 Å². The van der Waals surface area contributed by atoms with Gasteiger partial charge < -0.3 is 10.2 Å². The van der Waals surface area contributed by atoms with Crippen LogP contribution in [0.2, 0.25) is 5.02 Å². The zero-order chi connectivity index (χ0) is 22.6. The highest BCUT2D eigenvalue weighted by atomic mass is 35.5. The lowest BCUT2D eigenvalue weighted by Crippen LogP contribution is -2.48. The molecule has 5 nitrogen and oxygen atoms in total. The molecule has 0 atom stereocenters. The molecule has 4 aromatic rings. The van der Waals surface area contributed by atoms with Crippen molar-refractivity contribution in [2.24, 2.45) is 0 Å². The molecule has 2 heterocycles. The number of nitrogens with zero attached hydrogens (tertiary/aromatic N) is 3. The highest BCUT2D eigenvalue weighted by Gasteiger charge is 2.20. The number of thiazole rings is 1. The van der Waals surface area contributed by atoms with Crippen LogP contribution in [0.4, 0.5) is 5.13 Å². The Morgan fingerprint density at radius 2 is 1.64 bits per heavy atom. The standard InChI is InChI=1S/C26H25ClN4OS/c27-22-7-4-8-23-24(22)29-26(33-23)31-17-15-30(16-18-31)14-13-28-25(32)21-11-9-20(10-12-21)19-5-2-1-3-6-19/h1-12H,13-18H2,(H,28,32). The summed E-state index contributed by atoms with van der Waals surface area (Å²) in [5.41, 5.74) is 3.84. The van der Waals surface area contributed by atoms with Crippen LogP contribution in [0.1, 0.15) is 10.4 Å². The van der Waals surface area contributed by atoms with Gasteiger partial charge in [-0.3, -0.25) is 9.69 Å². The van der Waals surface area contributed by atoms with Crippen LogP contribution in [0.3, 0.4) is 0 Å². The molecule has 1 aliphatic rings. The minimum atomic E-state index is -0.0281. The summed E-state index contributed by atoms with van der Waals surface area (Å²) in [4.78, 5) is 22.0. The lowest BCUT2D eigenvalue weighted by molar-refractivity contribution is 0.0948. The number of nitrogens with one attached hydrogen (secondary N) is 1. The molecule has 0 unspecified atom stereocenters. The van der Waals surface area contributed by atoms with Gasteiger partial charge in [-0.1, -0.05) is 71.5 Å². The quantitative estimate of drug-likeness (QED) is 0.417. The molecule has 0 radical (unpaired) electrons. The van der Waals surface area contributed by atoms with E-state index in [2.05, 4.69) is 33.3 Å². The Labute approximate surface area is 202 Å². The number of piperazine rings is 1. The summed E-state index contributed by atoms with van der Waals surface area (Å²) < 4.78 is 1.12. The van der Waals surface area contributed by atoms with Gasteiger partial charge in [0.15, 0.2) is 5.13 Å². The van der Waals surface area contributed by atoms with Crippen molar-refractivity contribution >= 4 is 44.2 Å². The molecule has 1 amide bonds. The summed E-state index contributed by atoms with van der Waals surface area (Å²) in [5.74, 6) is -0.0281. The second-order valence-electron chi connectivity index (χ2n) is 8.11. The molecule has 33 heavy (non-hydrogen) atoms. The van der Waals surface area contributed by atoms with Crippen LogP contribution in [-0.2, 0) is 0 Å². The molecule has 5 rings (SSSR count). The fourth-order valence-electron chi connectivity index (χ4n) is 4.08. The first-order valence-corrected chi connectivity index (χ1v) is 12.3. The molecule has 0 aliphatic carbocycles. The number of amides is 1. The second kappa shape index (κ2) is 9.91. The van der Waals surface area contributed by atoms with Crippen molar-refractivity contribution in [2.75, 3.05) is 44.2 Å². The Bertz CT molecular complexity index is 1230. The summed E-state index contributed by atoms with van der Waals surface area (Å²) in [7, 11) is 0. The van der Waals surface area contributed by atoms with E-state index in [1.807, 2.05) is 54.6 Å². The number of hydrogen-bond acceptors (Lipinski definition) is 5. The van der Waals surface area contributed by atoms with E-state index in [-0.39, 0.29) is 5.91 Å². The number of halogens is 1. The molecular formula is C26H25ClN4OS. The van der Waals surface area contributed by atoms with E-state index in [1.54, 1.807) is 11.3 Å². The molecule has 1 saturated heterocycles. The Morgan fingerprint density at radius 3 is 2.36 bits per heavy atom. The molecule has 3 aromatic carbocycles. The van der Waals surface area contributed by atoms with Gasteiger partial charge in [0, 0.05) is 44.8 Å². The largest absolute Gasteiger partial charge is 0.351 e. The van der Waals surface area contributed by atoms with Crippen LogP contribution >= 0.6 is 22.9 Å².